The molecule has 1 aromatic carbocycles. The van der Waals surface area contributed by atoms with Crippen LogP contribution in [0.25, 0.3) is 21.9 Å². The number of piperazine rings is 1. The number of carbonyl (C=O) groups excluding carboxylic acids is 1. The summed E-state index contributed by atoms with van der Waals surface area (Å²) in [5.74, 6) is 0.213. The van der Waals surface area contributed by atoms with Crippen molar-refractivity contribution in [3.05, 3.63) is 54.0 Å². The number of alkyl halides is 3. The van der Waals surface area contributed by atoms with Gasteiger partial charge >= 0.3 is 6.18 Å². The van der Waals surface area contributed by atoms with Gasteiger partial charge in [-0.05, 0) is 54.7 Å². The molecule has 1 amide bonds. The average molecular weight is 506 g/mol. The van der Waals surface area contributed by atoms with Crippen LogP contribution in [0.3, 0.4) is 0 Å². The summed E-state index contributed by atoms with van der Waals surface area (Å²) in [6.45, 7) is 0.927. The molecular formula is C28H26F3N5O. The largest absolute Gasteiger partial charge is 0.397 e. The Labute approximate surface area is 212 Å². The van der Waals surface area contributed by atoms with Gasteiger partial charge in [-0.3, -0.25) is 9.78 Å². The molecule has 0 unspecified atom stereocenters. The van der Waals surface area contributed by atoms with Gasteiger partial charge in [0.25, 0.3) is 0 Å². The molecule has 6 rings (SSSR count). The van der Waals surface area contributed by atoms with Crippen LogP contribution in [-0.2, 0) is 4.79 Å². The molecule has 3 aromatic rings. The van der Waals surface area contributed by atoms with E-state index in [0.29, 0.717) is 30.4 Å². The van der Waals surface area contributed by atoms with Crippen LogP contribution < -0.4 is 4.90 Å². The molecule has 9 heteroatoms. The number of halogens is 3. The molecule has 2 aliphatic carbocycles. The lowest BCUT2D eigenvalue weighted by atomic mass is 9.95. The second kappa shape index (κ2) is 9.02. The summed E-state index contributed by atoms with van der Waals surface area (Å²) in [4.78, 5) is 25.2. The van der Waals surface area contributed by atoms with Gasteiger partial charge in [0, 0.05) is 48.9 Å². The monoisotopic (exact) mass is 505 g/mol. The van der Waals surface area contributed by atoms with E-state index in [4.69, 9.17) is 4.98 Å². The Morgan fingerprint density at radius 2 is 1.92 bits per heavy atom. The molecule has 1 saturated heterocycles. The second-order valence-corrected chi connectivity index (χ2v) is 10.3. The fourth-order valence-electron chi connectivity index (χ4n) is 5.55. The minimum atomic E-state index is -4.52. The summed E-state index contributed by atoms with van der Waals surface area (Å²) in [6, 6.07) is 11.9. The summed E-state index contributed by atoms with van der Waals surface area (Å²) in [5.41, 5.74) is 3.35. The Balaban J connectivity index is 1.36. The van der Waals surface area contributed by atoms with Crippen LogP contribution >= 0.6 is 0 Å². The summed E-state index contributed by atoms with van der Waals surface area (Å²) in [6.07, 6.45) is 1.48. The highest BCUT2D eigenvalue weighted by molar-refractivity contribution is 5.97. The number of rotatable bonds is 5. The van der Waals surface area contributed by atoms with Gasteiger partial charge in [0.1, 0.15) is 18.3 Å². The third kappa shape index (κ3) is 4.73. The molecule has 2 aromatic heterocycles. The first-order valence-corrected chi connectivity index (χ1v) is 12.7. The van der Waals surface area contributed by atoms with Crippen molar-refractivity contribution in [2.24, 2.45) is 5.92 Å². The first-order chi connectivity index (χ1) is 17.8. The van der Waals surface area contributed by atoms with E-state index >= 15 is 0 Å². The van der Waals surface area contributed by atoms with Crippen molar-refractivity contribution < 1.29 is 18.0 Å². The molecule has 3 fully saturated rings. The third-order valence-corrected chi connectivity index (χ3v) is 7.64. The lowest BCUT2D eigenvalue weighted by Gasteiger charge is -2.42. The lowest BCUT2D eigenvalue weighted by molar-refractivity contribution is -0.163. The average Bonchev–Trinajstić information content (AvgIpc) is 3.80. The zero-order valence-electron chi connectivity index (χ0n) is 20.2. The predicted molar refractivity (Wildman–Crippen MR) is 133 cm³/mol. The highest BCUT2D eigenvalue weighted by Gasteiger charge is 2.44. The van der Waals surface area contributed by atoms with E-state index in [9.17, 15) is 23.2 Å². The fraction of sp³-hybridized carbons (Fsp3) is 0.429. The van der Waals surface area contributed by atoms with Crippen LogP contribution in [-0.4, -0.2) is 52.6 Å². The van der Waals surface area contributed by atoms with Gasteiger partial charge in [0.15, 0.2) is 0 Å². The van der Waals surface area contributed by atoms with E-state index in [1.165, 1.54) is 4.90 Å². The Kier molecular flexibility index (Phi) is 5.78. The SMILES string of the molecule is N#Cc1cc(-c2cccc3cnccc23)c(C2CC2)nc1N1CCN(C(=O)CC(F)(F)F)[C@H](C2CC2)C1. The number of hydrogen-bond donors (Lipinski definition) is 0. The lowest BCUT2D eigenvalue weighted by Crippen LogP contribution is -2.57. The Bertz CT molecular complexity index is 1400. The number of benzene rings is 1. The summed E-state index contributed by atoms with van der Waals surface area (Å²) < 4.78 is 38.8. The number of nitriles is 1. The smallest absolute Gasteiger partial charge is 0.352 e. The van der Waals surface area contributed by atoms with E-state index in [-0.39, 0.29) is 18.5 Å². The van der Waals surface area contributed by atoms with Crippen molar-refractivity contribution in [1.82, 2.24) is 14.9 Å². The summed E-state index contributed by atoms with van der Waals surface area (Å²) in [7, 11) is 0. The highest BCUT2D eigenvalue weighted by Crippen LogP contribution is 2.46. The van der Waals surface area contributed by atoms with Gasteiger partial charge in [0.2, 0.25) is 5.91 Å². The number of anilines is 1. The Morgan fingerprint density at radius 1 is 1.11 bits per heavy atom. The van der Waals surface area contributed by atoms with Crippen LogP contribution in [0.4, 0.5) is 19.0 Å². The Morgan fingerprint density at radius 3 is 2.62 bits per heavy atom. The highest BCUT2D eigenvalue weighted by atomic mass is 19.4. The third-order valence-electron chi connectivity index (χ3n) is 7.64. The van der Waals surface area contributed by atoms with Gasteiger partial charge in [-0.2, -0.15) is 18.4 Å². The molecular weight excluding hydrogens is 479 g/mol. The van der Waals surface area contributed by atoms with Gasteiger partial charge in [-0.25, -0.2) is 4.98 Å². The molecule has 0 N–H and O–H groups in total. The maximum absolute atomic E-state index is 12.9. The van der Waals surface area contributed by atoms with E-state index in [2.05, 4.69) is 11.1 Å². The first kappa shape index (κ1) is 23.7. The van der Waals surface area contributed by atoms with Crippen LogP contribution in [0.5, 0.6) is 0 Å². The summed E-state index contributed by atoms with van der Waals surface area (Å²) in [5, 5.41) is 12.2. The molecule has 3 heterocycles. The van der Waals surface area contributed by atoms with Gasteiger partial charge in [-0.1, -0.05) is 18.2 Å². The number of pyridine rings is 2. The van der Waals surface area contributed by atoms with E-state index in [1.54, 1.807) is 6.20 Å². The molecule has 190 valence electrons. The van der Waals surface area contributed by atoms with Crippen molar-refractivity contribution in [1.29, 1.82) is 5.26 Å². The molecule has 1 aliphatic heterocycles. The fourth-order valence-corrected chi connectivity index (χ4v) is 5.55. The predicted octanol–water partition coefficient (Wildman–Crippen LogP) is 5.43. The zero-order valence-corrected chi connectivity index (χ0v) is 20.2. The van der Waals surface area contributed by atoms with Gasteiger partial charge in [0.05, 0.1) is 17.3 Å². The second-order valence-electron chi connectivity index (χ2n) is 10.3. The van der Waals surface area contributed by atoms with Crippen molar-refractivity contribution in [3.63, 3.8) is 0 Å². The molecule has 1 atom stereocenters. The minimum Gasteiger partial charge on any atom is -0.352 e. The Hall–Kier alpha value is -3.67. The molecule has 37 heavy (non-hydrogen) atoms. The standard InChI is InChI=1S/C28H26F3N5O/c29-28(30,31)13-25(37)36-11-10-35(16-24(36)17-4-5-17)27-20(14-32)12-23(26(34-27)18-6-7-18)22-3-1-2-19-15-33-9-8-21(19)22/h1-3,8-9,12,15,17-18,24H,4-7,10-11,13,16H2/t24-/m0/s1. The van der Waals surface area contributed by atoms with E-state index < -0.39 is 18.5 Å². The molecule has 0 bridgehead atoms. The number of carbonyl (C=O) groups is 1. The van der Waals surface area contributed by atoms with Crippen LogP contribution in [0.1, 0.15) is 49.3 Å². The summed E-state index contributed by atoms with van der Waals surface area (Å²) >= 11 is 0. The van der Waals surface area contributed by atoms with Crippen LogP contribution in [0, 0.1) is 17.2 Å². The number of amides is 1. The quantitative estimate of drug-likeness (QED) is 0.463. The first-order valence-electron chi connectivity index (χ1n) is 12.7. The molecule has 3 aliphatic rings. The normalized spacial score (nSPS) is 20.2. The molecule has 0 spiro atoms. The van der Waals surface area contributed by atoms with Gasteiger partial charge < -0.3 is 9.80 Å². The minimum absolute atomic E-state index is 0.192. The number of nitrogens with zero attached hydrogens (tertiary/aromatic N) is 5. The maximum atomic E-state index is 12.9. The molecule has 2 saturated carbocycles. The van der Waals surface area contributed by atoms with E-state index in [1.807, 2.05) is 41.4 Å². The maximum Gasteiger partial charge on any atom is 0.397 e. The molecule has 6 nitrogen and oxygen atoms in total. The zero-order chi connectivity index (χ0) is 25.7. The van der Waals surface area contributed by atoms with Crippen molar-refractivity contribution in [2.75, 3.05) is 24.5 Å². The number of fused-ring (bicyclic) bond motifs is 1. The van der Waals surface area contributed by atoms with Crippen molar-refractivity contribution in [2.45, 2.75) is 50.2 Å². The number of hydrogen-bond acceptors (Lipinski definition) is 5. The van der Waals surface area contributed by atoms with Crippen LogP contribution in [0.2, 0.25) is 0 Å². The topological polar surface area (TPSA) is 73.1 Å². The van der Waals surface area contributed by atoms with Crippen molar-refractivity contribution >= 4 is 22.5 Å². The van der Waals surface area contributed by atoms with E-state index in [0.717, 1.165) is 53.3 Å². The van der Waals surface area contributed by atoms with Crippen LogP contribution in [0.15, 0.2) is 42.7 Å². The molecule has 0 radical (unpaired) electrons. The number of aromatic nitrogens is 2. The van der Waals surface area contributed by atoms with Gasteiger partial charge in [-0.15, -0.1) is 0 Å². The van der Waals surface area contributed by atoms with Crippen molar-refractivity contribution in [3.8, 4) is 17.2 Å².